The predicted octanol–water partition coefficient (Wildman–Crippen LogP) is 11.3. The van der Waals surface area contributed by atoms with Crippen molar-refractivity contribution < 1.29 is 27.0 Å². The second-order valence-electron chi connectivity index (χ2n) is 17.2. The van der Waals surface area contributed by atoms with Crippen LogP contribution in [-0.2, 0) is 38.4 Å². The van der Waals surface area contributed by atoms with Gasteiger partial charge in [-0.15, -0.1) is 0 Å². The maximum absolute atomic E-state index is 11.6. The molecular weight excluding hydrogens is 647 g/mol. The molecule has 49 heavy (non-hydrogen) atoms. The van der Waals surface area contributed by atoms with Gasteiger partial charge in [0.15, 0.2) is 0 Å². The third-order valence-electron chi connectivity index (χ3n) is 8.96. The molecule has 4 nitrogen and oxygen atoms in total. The molecule has 2 N–H and O–H groups in total. The molecule has 4 aromatic rings. The van der Waals surface area contributed by atoms with Crippen LogP contribution < -0.4 is 0 Å². The van der Waals surface area contributed by atoms with Gasteiger partial charge in [-0.1, -0.05) is 156 Å². The van der Waals surface area contributed by atoms with Gasteiger partial charge in [0.25, 0.3) is 0 Å². The number of benzene rings is 4. The summed E-state index contributed by atoms with van der Waals surface area (Å²) in [5.74, 6) is 0.508. The Morgan fingerprint density at radius 1 is 0.469 bits per heavy atom. The first kappa shape index (κ1) is 39.8. The summed E-state index contributed by atoms with van der Waals surface area (Å²) in [6.45, 7) is 25.9. The first-order valence-corrected chi connectivity index (χ1v) is 17.1. The summed E-state index contributed by atoms with van der Waals surface area (Å²) >= 11 is 0. The fourth-order valence-electron chi connectivity index (χ4n) is 5.84. The van der Waals surface area contributed by atoms with Crippen molar-refractivity contribution in [3.63, 3.8) is 0 Å². The van der Waals surface area contributed by atoms with Crippen LogP contribution in [-0.4, -0.2) is 22.6 Å². The number of rotatable bonds is 7. The first-order valence-electron chi connectivity index (χ1n) is 17.1. The van der Waals surface area contributed by atoms with Gasteiger partial charge in [-0.3, -0.25) is 9.98 Å². The SMILES string of the molecule is CC(C)(C)c1cc(C=N[C@@H](c2ccccc2)[C@@H](N=Cc2cc(C(C)(C)C)cc(C(C)(C)C)c2O)c2ccccc2)c(O)c(C(C)(C)C)c1.[Co]. The van der Waals surface area contributed by atoms with Gasteiger partial charge in [0.1, 0.15) is 23.6 Å². The van der Waals surface area contributed by atoms with Crippen molar-refractivity contribution in [2.75, 3.05) is 0 Å². The molecule has 4 aromatic carbocycles. The van der Waals surface area contributed by atoms with Crippen LogP contribution in [0, 0.1) is 0 Å². The van der Waals surface area contributed by atoms with E-state index in [1.807, 2.05) is 48.8 Å². The summed E-state index contributed by atoms with van der Waals surface area (Å²) in [6, 6.07) is 28.0. The van der Waals surface area contributed by atoms with E-state index in [0.29, 0.717) is 11.1 Å². The van der Waals surface area contributed by atoms with Crippen LogP contribution >= 0.6 is 0 Å². The van der Waals surface area contributed by atoms with Gasteiger partial charge in [-0.2, -0.15) is 0 Å². The van der Waals surface area contributed by atoms with Crippen LogP contribution in [0.5, 0.6) is 11.5 Å². The van der Waals surface area contributed by atoms with E-state index in [1.54, 1.807) is 0 Å². The summed E-state index contributed by atoms with van der Waals surface area (Å²) in [6.07, 6.45) is 3.64. The summed E-state index contributed by atoms with van der Waals surface area (Å²) < 4.78 is 0. The molecule has 0 unspecified atom stereocenters. The van der Waals surface area contributed by atoms with E-state index < -0.39 is 12.1 Å². The van der Waals surface area contributed by atoms with Crippen molar-refractivity contribution in [1.29, 1.82) is 0 Å². The Morgan fingerprint density at radius 2 is 0.776 bits per heavy atom. The molecule has 0 saturated heterocycles. The molecule has 1 radical (unpaired) electrons. The maximum Gasteiger partial charge on any atom is 0.128 e. The number of phenolic OH excluding ortho intramolecular Hbond substituents is 2. The molecule has 0 aromatic heterocycles. The van der Waals surface area contributed by atoms with E-state index in [0.717, 1.165) is 33.4 Å². The molecule has 0 aliphatic rings. The van der Waals surface area contributed by atoms with E-state index in [4.69, 9.17) is 9.98 Å². The van der Waals surface area contributed by atoms with E-state index in [2.05, 4.69) is 132 Å². The van der Waals surface area contributed by atoms with E-state index in [-0.39, 0.29) is 49.9 Å². The molecule has 4 rings (SSSR count). The third kappa shape index (κ3) is 9.73. The van der Waals surface area contributed by atoms with E-state index in [1.165, 1.54) is 0 Å². The Labute approximate surface area is 306 Å². The normalized spacial score (nSPS) is 14.2. The third-order valence-corrected chi connectivity index (χ3v) is 8.96. The van der Waals surface area contributed by atoms with Crippen LogP contribution in [0.2, 0.25) is 0 Å². The molecule has 0 fully saturated rings. The molecule has 0 aliphatic heterocycles. The molecule has 0 spiro atoms. The number of hydrogen-bond acceptors (Lipinski definition) is 4. The Bertz CT molecular complexity index is 1630. The number of hydrogen-bond donors (Lipinski definition) is 2. The summed E-state index contributed by atoms with van der Waals surface area (Å²) in [4.78, 5) is 10.5. The smallest absolute Gasteiger partial charge is 0.128 e. The van der Waals surface area contributed by atoms with Crippen molar-refractivity contribution in [2.24, 2.45) is 9.98 Å². The van der Waals surface area contributed by atoms with Gasteiger partial charge < -0.3 is 10.2 Å². The Balaban J connectivity index is 0.00000650. The summed E-state index contributed by atoms with van der Waals surface area (Å²) in [5, 5.41) is 23.1. The van der Waals surface area contributed by atoms with E-state index in [9.17, 15) is 10.2 Å². The number of nitrogens with zero attached hydrogens (tertiary/aromatic N) is 2. The summed E-state index contributed by atoms with van der Waals surface area (Å²) in [5.41, 5.74) is 6.75. The largest absolute Gasteiger partial charge is 0.507 e. The minimum atomic E-state index is -0.407. The van der Waals surface area contributed by atoms with Crippen LogP contribution in [0.3, 0.4) is 0 Å². The van der Waals surface area contributed by atoms with Gasteiger partial charge in [0.05, 0.1) is 0 Å². The fraction of sp³-hybridized carbons (Fsp3) is 0.409. The molecule has 263 valence electrons. The van der Waals surface area contributed by atoms with E-state index >= 15 is 0 Å². The van der Waals surface area contributed by atoms with Crippen LogP contribution in [0.25, 0.3) is 0 Å². The van der Waals surface area contributed by atoms with Gasteiger partial charge in [-0.05, 0) is 56.0 Å². The Hall–Kier alpha value is -3.67. The van der Waals surface area contributed by atoms with Gasteiger partial charge in [0, 0.05) is 51.5 Å². The van der Waals surface area contributed by atoms with Gasteiger partial charge >= 0.3 is 0 Å². The quantitative estimate of drug-likeness (QED) is 0.188. The molecule has 0 aliphatic carbocycles. The van der Waals surface area contributed by atoms with Crippen molar-refractivity contribution in [2.45, 2.75) is 117 Å². The second kappa shape index (κ2) is 15.1. The molecule has 0 heterocycles. The standard InChI is InChI=1S/C44H56N2O2.Co/c1-41(2,3)33-23-31(39(47)35(25-33)43(7,8)9)27-45-37(29-19-15-13-16-20-29)38(30-21-17-14-18-22-30)46-28-32-24-34(42(4,5)6)26-36(40(32)48)44(10,11)12;/h13-28,37-38,47-48H,1-12H3;/t37-,38-;/m0./s1. The van der Waals surface area contributed by atoms with Gasteiger partial charge in [0.2, 0.25) is 0 Å². The number of aromatic hydroxyl groups is 2. The second-order valence-corrected chi connectivity index (χ2v) is 17.2. The van der Waals surface area contributed by atoms with Crippen LogP contribution in [0.1, 0.15) is 140 Å². The number of aliphatic imine (C=N–C) groups is 2. The minimum Gasteiger partial charge on any atom is -0.507 e. The Kier molecular flexibility index (Phi) is 12.2. The topological polar surface area (TPSA) is 65.2 Å². The van der Waals surface area contributed by atoms with Crippen molar-refractivity contribution in [3.05, 3.63) is 129 Å². The molecule has 2 atom stereocenters. The van der Waals surface area contributed by atoms with Crippen molar-refractivity contribution in [1.82, 2.24) is 0 Å². The average molecular weight is 704 g/mol. The molecule has 0 bridgehead atoms. The summed E-state index contributed by atoms with van der Waals surface area (Å²) in [7, 11) is 0. The monoisotopic (exact) mass is 703 g/mol. The number of phenols is 2. The van der Waals surface area contributed by atoms with Crippen molar-refractivity contribution >= 4 is 12.4 Å². The zero-order valence-corrected chi connectivity index (χ0v) is 32.6. The average Bonchev–Trinajstić information content (AvgIpc) is 2.98. The van der Waals surface area contributed by atoms with Gasteiger partial charge in [-0.25, -0.2) is 0 Å². The zero-order chi connectivity index (χ0) is 35.7. The predicted molar refractivity (Wildman–Crippen MR) is 205 cm³/mol. The minimum absolute atomic E-state index is 0. The van der Waals surface area contributed by atoms with Crippen LogP contribution in [0.15, 0.2) is 94.9 Å². The zero-order valence-electron chi connectivity index (χ0n) is 31.5. The first-order chi connectivity index (χ1) is 22.2. The molecule has 0 amide bonds. The van der Waals surface area contributed by atoms with Crippen LogP contribution in [0.4, 0.5) is 0 Å². The molecule has 0 saturated carbocycles. The molecule has 5 heteroatoms. The fourth-order valence-corrected chi connectivity index (χ4v) is 5.84. The Morgan fingerprint density at radius 3 is 1.04 bits per heavy atom. The van der Waals surface area contributed by atoms with Crippen molar-refractivity contribution in [3.8, 4) is 11.5 Å². The maximum atomic E-state index is 11.6. The molecular formula is C44H56CoN2O2.